The number of hydrogen-bond acceptors (Lipinski definition) is 2. The van der Waals surface area contributed by atoms with Gasteiger partial charge in [0.1, 0.15) is 0 Å². The van der Waals surface area contributed by atoms with Crippen LogP contribution in [0, 0.1) is 12.3 Å². The molecule has 0 bridgehead atoms. The minimum Gasteiger partial charge on any atom is -0.337 e. The summed E-state index contributed by atoms with van der Waals surface area (Å²) in [6, 6.07) is 0. The van der Waals surface area contributed by atoms with Crippen LogP contribution in [-0.4, -0.2) is 15.3 Å². The maximum absolute atomic E-state index is 10.6. The second-order valence-corrected chi connectivity index (χ2v) is 2.12. The number of aromatic nitrogens is 2. The number of imidazole rings is 1. The summed E-state index contributed by atoms with van der Waals surface area (Å²) >= 11 is 0. The number of nitrogens with zero attached hydrogens (tertiary/aromatic N) is 2. The Kier molecular flexibility index (Phi) is 2.45. The average molecular weight is 148 g/mol. The van der Waals surface area contributed by atoms with Gasteiger partial charge in [-0.05, 0) is 5.92 Å². The van der Waals surface area contributed by atoms with E-state index >= 15 is 0 Å². The topological polar surface area (TPSA) is 34.9 Å². The van der Waals surface area contributed by atoms with Gasteiger partial charge in [0.25, 0.3) is 0 Å². The van der Waals surface area contributed by atoms with Crippen molar-refractivity contribution >= 4 is 5.78 Å². The SMILES string of the molecule is C#CC(=O)CCn1ccnc1. The fraction of sp³-hybridized carbons (Fsp3) is 0.250. The number of rotatable bonds is 3. The Hall–Kier alpha value is -1.56. The predicted molar refractivity (Wildman–Crippen MR) is 40.7 cm³/mol. The first-order chi connectivity index (χ1) is 5.33. The Bertz CT molecular complexity index is 269. The van der Waals surface area contributed by atoms with Gasteiger partial charge in [0.15, 0.2) is 0 Å². The van der Waals surface area contributed by atoms with Crippen LogP contribution in [-0.2, 0) is 11.3 Å². The molecule has 0 amide bonds. The fourth-order valence-corrected chi connectivity index (χ4v) is 0.722. The molecule has 3 nitrogen and oxygen atoms in total. The Labute approximate surface area is 65.1 Å². The lowest BCUT2D eigenvalue weighted by Gasteiger charge is -1.95. The molecule has 0 saturated heterocycles. The maximum atomic E-state index is 10.6. The lowest BCUT2D eigenvalue weighted by molar-refractivity contribution is -0.114. The van der Waals surface area contributed by atoms with Gasteiger partial charge in [-0.25, -0.2) is 4.98 Å². The first-order valence-corrected chi connectivity index (χ1v) is 3.28. The standard InChI is InChI=1S/C8H8N2O/c1-2-8(11)3-5-10-6-4-9-7-10/h1,4,6-7H,3,5H2. The number of carbonyl (C=O) groups excluding carboxylic acids is 1. The third-order valence-electron chi connectivity index (χ3n) is 1.32. The van der Waals surface area contributed by atoms with Crippen molar-refractivity contribution < 1.29 is 4.79 Å². The molecule has 1 heterocycles. The van der Waals surface area contributed by atoms with E-state index in [2.05, 4.69) is 10.9 Å². The van der Waals surface area contributed by atoms with Crippen LogP contribution in [0.5, 0.6) is 0 Å². The Morgan fingerprint density at radius 2 is 2.55 bits per heavy atom. The number of Topliss-reactive ketones (excluding diaryl/α,β-unsaturated/α-hetero) is 1. The molecule has 11 heavy (non-hydrogen) atoms. The molecule has 0 atom stereocenters. The quantitative estimate of drug-likeness (QED) is 0.461. The van der Waals surface area contributed by atoms with E-state index in [0.29, 0.717) is 13.0 Å². The first-order valence-electron chi connectivity index (χ1n) is 3.28. The summed E-state index contributed by atoms with van der Waals surface area (Å²) in [5.41, 5.74) is 0. The number of terminal acetylenes is 1. The highest BCUT2D eigenvalue weighted by Gasteiger charge is 1.95. The van der Waals surface area contributed by atoms with Crippen molar-refractivity contribution in [2.24, 2.45) is 0 Å². The zero-order valence-corrected chi connectivity index (χ0v) is 6.03. The van der Waals surface area contributed by atoms with E-state index in [0.717, 1.165) is 0 Å². The van der Waals surface area contributed by atoms with Crippen molar-refractivity contribution in [3.63, 3.8) is 0 Å². The van der Waals surface area contributed by atoms with Gasteiger partial charge in [0.2, 0.25) is 5.78 Å². The third-order valence-corrected chi connectivity index (χ3v) is 1.32. The van der Waals surface area contributed by atoms with Crippen LogP contribution in [0.2, 0.25) is 0 Å². The molecule has 0 N–H and O–H groups in total. The second-order valence-electron chi connectivity index (χ2n) is 2.12. The Morgan fingerprint density at radius 3 is 3.09 bits per heavy atom. The van der Waals surface area contributed by atoms with E-state index < -0.39 is 0 Å². The van der Waals surface area contributed by atoms with Gasteiger partial charge in [-0.3, -0.25) is 4.79 Å². The van der Waals surface area contributed by atoms with Gasteiger partial charge in [0.05, 0.1) is 6.33 Å². The monoisotopic (exact) mass is 148 g/mol. The summed E-state index contributed by atoms with van der Waals surface area (Å²) in [7, 11) is 0. The molecular formula is C8H8N2O. The van der Waals surface area contributed by atoms with Crippen molar-refractivity contribution in [1.29, 1.82) is 0 Å². The first kappa shape index (κ1) is 7.55. The molecule has 3 heteroatoms. The summed E-state index contributed by atoms with van der Waals surface area (Å²) in [5, 5.41) is 0. The van der Waals surface area contributed by atoms with Crippen LogP contribution in [0.3, 0.4) is 0 Å². The minimum absolute atomic E-state index is 0.168. The second kappa shape index (κ2) is 3.57. The number of ketones is 1. The summed E-state index contributed by atoms with van der Waals surface area (Å²) in [6.07, 6.45) is 10.4. The molecule has 1 aromatic rings. The van der Waals surface area contributed by atoms with E-state index in [1.54, 1.807) is 18.7 Å². The molecule has 0 aliphatic rings. The minimum atomic E-state index is -0.168. The molecule has 0 unspecified atom stereocenters. The zero-order chi connectivity index (χ0) is 8.10. The van der Waals surface area contributed by atoms with Crippen LogP contribution >= 0.6 is 0 Å². The Balaban J connectivity index is 2.36. The lowest BCUT2D eigenvalue weighted by Crippen LogP contribution is -2.01. The predicted octanol–water partition coefficient (Wildman–Crippen LogP) is 0.475. The highest BCUT2D eigenvalue weighted by atomic mass is 16.1. The van der Waals surface area contributed by atoms with Crippen LogP contribution in [0.15, 0.2) is 18.7 Å². The third kappa shape index (κ3) is 2.26. The molecule has 0 radical (unpaired) electrons. The van der Waals surface area contributed by atoms with Crippen LogP contribution in [0.1, 0.15) is 6.42 Å². The summed E-state index contributed by atoms with van der Waals surface area (Å²) in [4.78, 5) is 14.5. The molecule has 0 spiro atoms. The van der Waals surface area contributed by atoms with Crippen molar-refractivity contribution in [2.75, 3.05) is 0 Å². The summed E-state index contributed by atoms with van der Waals surface area (Å²) in [5.74, 6) is 1.89. The summed E-state index contributed by atoms with van der Waals surface area (Å²) < 4.78 is 1.81. The number of aryl methyl sites for hydroxylation is 1. The van der Waals surface area contributed by atoms with E-state index in [1.165, 1.54) is 0 Å². The molecule has 1 aromatic heterocycles. The van der Waals surface area contributed by atoms with E-state index in [-0.39, 0.29) is 5.78 Å². The van der Waals surface area contributed by atoms with Crippen molar-refractivity contribution in [2.45, 2.75) is 13.0 Å². The van der Waals surface area contributed by atoms with Gasteiger partial charge in [-0.15, -0.1) is 6.42 Å². The van der Waals surface area contributed by atoms with Crippen LogP contribution in [0.4, 0.5) is 0 Å². The normalized spacial score (nSPS) is 9.00. The molecule has 0 fully saturated rings. The van der Waals surface area contributed by atoms with Gasteiger partial charge < -0.3 is 4.57 Å². The molecular weight excluding hydrogens is 140 g/mol. The number of carbonyl (C=O) groups is 1. The van der Waals surface area contributed by atoms with E-state index in [1.807, 2.05) is 4.57 Å². The largest absolute Gasteiger partial charge is 0.337 e. The van der Waals surface area contributed by atoms with Gasteiger partial charge in [-0.1, -0.05) is 0 Å². The van der Waals surface area contributed by atoms with Gasteiger partial charge in [0, 0.05) is 25.4 Å². The molecule has 1 rings (SSSR count). The van der Waals surface area contributed by atoms with E-state index in [9.17, 15) is 4.79 Å². The van der Waals surface area contributed by atoms with Gasteiger partial charge in [-0.2, -0.15) is 0 Å². The van der Waals surface area contributed by atoms with Crippen molar-refractivity contribution in [1.82, 2.24) is 9.55 Å². The zero-order valence-electron chi connectivity index (χ0n) is 6.03. The van der Waals surface area contributed by atoms with Gasteiger partial charge >= 0.3 is 0 Å². The molecule has 0 aromatic carbocycles. The molecule has 0 aliphatic heterocycles. The molecule has 56 valence electrons. The van der Waals surface area contributed by atoms with Crippen molar-refractivity contribution in [3.8, 4) is 12.3 Å². The smallest absolute Gasteiger partial charge is 0.206 e. The molecule has 0 saturated carbocycles. The summed E-state index contributed by atoms with van der Waals surface area (Å²) in [6.45, 7) is 0.614. The van der Waals surface area contributed by atoms with Crippen LogP contribution in [0.25, 0.3) is 0 Å². The maximum Gasteiger partial charge on any atom is 0.206 e. The number of hydrogen-bond donors (Lipinski definition) is 0. The Morgan fingerprint density at radius 1 is 1.73 bits per heavy atom. The van der Waals surface area contributed by atoms with Crippen LogP contribution < -0.4 is 0 Å². The lowest BCUT2D eigenvalue weighted by atomic mass is 10.3. The fourth-order valence-electron chi connectivity index (χ4n) is 0.722. The molecule has 0 aliphatic carbocycles. The van der Waals surface area contributed by atoms with Crippen molar-refractivity contribution in [3.05, 3.63) is 18.7 Å². The highest BCUT2D eigenvalue weighted by molar-refractivity contribution is 5.94. The average Bonchev–Trinajstić information content (AvgIpc) is 2.52. The van der Waals surface area contributed by atoms with E-state index in [4.69, 9.17) is 6.42 Å². The highest BCUT2D eigenvalue weighted by Crippen LogP contribution is 1.90.